The molecule has 2 aliphatic heterocycles. The van der Waals surface area contributed by atoms with Crippen molar-refractivity contribution < 1.29 is 18.0 Å². The van der Waals surface area contributed by atoms with Gasteiger partial charge in [-0.25, -0.2) is 0 Å². The summed E-state index contributed by atoms with van der Waals surface area (Å²) in [6.45, 7) is 6.11. The Morgan fingerprint density at radius 3 is 2.58 bits per heavy atom. The number of carbonyl (C=O) groups is 1. The molecule has 1 fully saturated rings. The van der Waals surface area contributed by atoms with Gasteiger partial charge in [-0.05, 0) is 25.7 Å². The number of nitrogens with zero attached hydrogens (tertiary/aromatic N) is 3. The average Bonchev–Trinajstić information content (AvgIpc) is 2.97. The summed E-state index contributed by atoms with van der Waals surface area (Å²) in [5, 5.41) is 5.93. The van der Waals surface area contributed by atoms with E-state index in [9.17, 15) is 18.0 Å². The number of aromatic amines is 1. The van der Waals surface area contributed by atoms with Crippen LogP contribution >= 0.6 is 0 Å². The van der Waals surface area contributed by atoms with Crippen LogP contribution in [0.1, 0.15) is 43.6 Å². The molecule has 1 aromatic rings. The van der Waals surface area contributed by atoms with Gasteiger partial charge in [0, 0.05) is 43.9 Å². The molecule has 0 saturated carbocycles. The number of H-pyrrole nitrogens is 1. The van der Waals surface area contributed by atoms with Crippen molar-refractivity contribution in [3.05, 3.63) is 17.0 Å². The summed E-state index contributed by atoms with van der Waals surface area (Å²) < 4.78 is 39.1. The Balaban J connectivity index is 1.70. The lowest BCUT2D eigenvalue weighted by Crippen LogP contribution is -2.50. The zero-order chi connectivity index (χ0) is 17.5. The minimum atomic E-state index is -4.47. The minimum absolute atomic E-state index is 0.0161. The number of hydrogen-bond donors (Lipinski definition) is 1. The molecule has 3 rings (SSSR count). The second-order valence-corrected chi connectivity index (χ2v) is 6.93. The molecule has 0 aliphatic carbocycles. The zero-order valence-corrected chi connectivity index (χ0v) is 14.0. The van der Waals surface area contributed by atoms with E-state index in [2.05, 4.69) is 17.1 Å². The van der Waals surface area contributed by atoms with Gasteiger partial charge in [0.05, 0.1) is 6.04 Å². The maximum Gasteiger partial charge on any atom is 0.435 e. The maximum absolute atomic E-state index is 13.0. The Bertz CT molecular complexity index is 605. The molecule has 2 aliphatic rings. The van der Waals surface area contributed by atoms with Gasteiger partial charge >= 0.3 is 6.18 Å². The van der Waals surface area contributed by atoms with E-state index in [1.807, 2.05) is 9.80 Å². The quantitative estimate of drug-likeness (QED) is 0.897. The Kier molecular flexibility index (Phi) is 4.59. The summed E-state index contributed by atoms with van der Waals surface area (Å²) in [6, 6.07) is -0.414. The molecule has 0 spiro atoms. The molecule has 0 bridgehead atoms. The van der Waals surface area contributed by atoms with Crippen molar-refractivity contribution in [3.8, 4) is 0 Å². The van der Waals surface area contributed by atoms with E-state index in [0.717, 1.165) is 25.9 Å². The van der Waals surface area contributed by atoms with Gasteiger partial charge in [0.1, 0.15) is 0 Å². The van der Waals surface area contributed by atoms with Gasteiger partial charge in [-0.2, -0.15) is 18.3 Å². The van der Waals surface area contributed by atoms with Gasteiger partial charge in [-0.3, -0.25) is 14.8 Å². The maximum atomic E-state index is 13.0. The van der Waals surface area contributed by atoms with Crippen molar-refractivity contribution in [1.29, 1.82) is 0 Å². The SMILES string of the molecule is CC1CCN(C(=O)[C@H](C)N2CCc3[nH]nc(C(F)(F)F)c3C2)CC1. The minimum Gasteiger partial charge on any atom is -0.341 e. The van der Waals surface area contributed by atoms with Crippen molar-refractivity contribution >= 4 is 5.91 Å². The van der Waals surface area contributed by atoms with Crippen molar-refractivity contribution in [2.75, 3.05) is 19.6 Å². The second-order valence-electron chi connectivity index (χ2n) is 6.93. The summed E-state index contributed by atoms with van der Waals surface area (Å²) in [4.78, 5) is 16.3. The summed E-state index contributed by atoms with van der Waals surface area (Å²) in [5.41, 5.74) is -0.140. The second kappa shape index (κ2) is 6.38. The number of rotatable bonds is 2. The van der Waals surface area contributed by atoms with Gasteiger partial charge in [-0.15, -0.1) is 0 Å². The molecular formula is C16H23F3N4O. The van der Waals surface area contributed by atoms with Crippen LogP contribution in [0.25, 0.3) is 0 Å². The number of nitrogens with one attached hydrogen (secondary N) is 1. The molecule has 8 heteroatoms. The molecule has 1 atom stereocenters. The van der Waals surface area contributed by atoms with Crippen molar-refractivity contribution in [3.63, 3.8) is 0 Å². The fourth-order valence-electron chi connectivity index (χ4n) is 3.53. The predicted octanol–water partition coefficient (Wildman–Crippen LogP) is 2.43. The lowest BCUT2D eigenvalue weighted by Gasteiger charge is -2.37. The van der Waals surface area contributed by atoms with E-state index < -0.39 is 17.9 Å². The number of hydrogen-bond acceptors (Lipinski definition) is 3. The van der Waals surface area contributed by atoms with Crippen LogP contribution in [0.4, 0.5) is 13.2 Å². The van der Waals surface area contributed by atoms with Crippen LogP contribution in [-0.2, 0) is 23.9 Å². The molecule has 3 heterocycles. The number of aromatic nitrogens is 2. The third kappa shape index (κ3) is 3.29. The van der Waals surface area contributed by atoms with E-state index in [4.69, 9.17) is 0 Å². The van der Waals surface area contributed by atoms with Crippen molar-refractivity contribution in [2.24, 2.45) is 5.92 Å². The van der Waals surface area contributed by atoms with Crippen LogP contribution in [0, 0.1) is 5.92 Å². The molecule has 5 nitrogen and oxygen atoms in total. The Morgan fingerprint density at radius 2 is 1.96 bits per heavy atom. The number of carbonyl (C=O) groups excluding carboxylic acids is 1. The Morgan fingerprint density at radius 1 is 1.29 bits per heavy atom. The molecule has 0 aromatic carbocycles. The van der Waals surface area contributed by atoms with E-state index in [-0.39, 0.29) is 18.0 Å². The third-order valence-corrected chi connectivity index (χ3v) is 5.23. The lowest BCUT2D eigenvalue weighted by atomic mass is 9.98. The first-order chi connectivity index (χ1) is 11.3. The Hall–Kier alpha value is -1.57. The topological polar surface area (TPSA) is 52.2 Å². The van der Waals surface area contributed by atoms with E-state index in [0.29, 0.717) is 24.6 Å². The predicted molar refractivity (Wildman–Crippen MR) is 82.1 cm³/mol. The summed E-state index contributed by atoms with van der Waals surface area (Å²) in [6.07, 6.45) is -2.04. The van der Waals surface area contributed by atoms with Crippen molar-refractivity contribution in [1.82, 2.24) is 20.0 Å². The largest absolute Gasteiger partial charge is 0.435 e. The Labute approximate surface area is 139 Å². The molecule has 1 aromatic heterocycles. The average molecular weight is 344 g/mol. The highest BCUT2D eigenvalue weighted by molar-refractivity contribution is 5.81. The molecule has 134 valence electrons. The van der Waals surface area contributed by atoms with Crippen molar-refractivity contribution in [2.45, 2.75) is 51.9 Å². The van der Waals surface area contributed by atoms with Gasteiger partial charge in [0.25, 0.3) is 0 Å². The highest BCUT2D eigenvalue weighted by Gasteiger charge is 2.40. The smallest absolute Gasteiger partial charge is 0.341 e. The lowest BCUT2D eigenvalue weighted by molar-refractivity contribution is -0.142. The number of fused-ring (bicyclic) bond motifs is 1. The molecule has 1 amide bonds. The first-order valence-corrected chi connectivity index (χ1v) is 8.43. The van der Waals surface area contributed by atoms with Gasteiger partial charge in [0.2, 0.25) is 5.91 Å². The van der Waals surface area contributed by atoms with Crippen LogP contribution < -0.4 is 0 Å². The van der Waals surface area contributed by atoms with E-state index in [1.165, 1.54) is 0 Å². The van der Waals surface area contributed by atoms with Crippen LogP contribution in [-0.4, -0.2) is 51.6 Å². The first kappa shape index (κ1) is 17.3. The van der Waals surface area contributed by atoms with E-state index in [1.54, 1.807) is 6.92 Å². The fraction of sp³-hybridized carbons (Fsp3) is 0.750. The fourth-order valence-corrected chi connectivity index (χ4v) is 3.53. The molecule has 1 N–H and O–H groups in total. The molecule has 24 heavy (non-hydrogen) atoms. The number of piperidine rings is 1. The summed E-state index contributed by atoms with van der Waals surface area (Å²) in [7, 11) is 0. The molecular weight excluding hydrogens is 321 g/mol. The number of alkyl halides is 3. The standard InChI is InChI=1S/C16H23F3N4O/c1-10-3-6-22(7-4-10)15(24)11(2)23-8-5-13-12(9-23)14(21-20-13)16(17,18)19/h10-11H,3-9H2,1-2H3,(H,20,21)/t11-/m0/s1. The third-order valence-electron chi connectivity index (χ3n) is 5.23. The molecule has 1 saturated heterocycles. The van der Waals surface area contributed by atoms with Crippen LogP contribution in [0.3, 0.4) is 0 Å². The van der Waals surface area contributed by atoms with Gasteiger partial charge in [0.15, 0.2) is 5.69 Å². The monoisotopic (exact) mass is 344 g/mol. The number of likely N-dealkylation sites (tertiary alicyclic amines) is 1. The summed E-state index contributed by atoms with van der Waals surface area (Å²) in [5.74, 6) is 0.643. The molecule has 0 radical (unpaired) electrons. The van der Waals surface area contributed by atoms with Gasteiger partial charge < -0.3 is 4.90 Å². The van der Waals surface area contributed by atoms with E-state index >= 15 is 0 Å². The van der Waals surface area contributed by atoms with Crippen LogP contribution in [0.5, 0.6) is 0 Å². The summed E-state index contributed by atoms with van der Waals surface area (Å²) >= 11 is 0. The van der Waals surface area contributed by atoms with Crippen LogP contribution in [0.2, 0.25) is 0 Å². The highest BCUT2D eigenvalue weighted by atomic mass is 19.4. The van der Waals surface area contributed by atoms with Crippen LogP contribution in [0.15, 0.2) is 0 Å². The molecule has 0 unspecified atom stereocenters. The number of halogens is 3. The normalized spacial score (nSPS) is 21.6. The first-order valence-electron chi connectivity index (χ1n) is 8.43. The van der Waals surface area contributed by atoms with Gasteiger partial charge in [-0.1, -0.05) is 6.92 Å². The zero-order valence-electron chi connectivity index (χ0n) is 14.0. The highest BCUT2D eigenvalue weighted by Crippen LogP contribution is 2.34. The number of amides is 1.